The first-order valence-corrected chi connectivity index (χ1v) is 11.3. The van der Waals surface area contributed by atoms with Gasteiger partial charge in [0, 0.05) is 37.3 Å². The first kappa shape index (κ1) is 22.6. The number of hydrogen-bond donors (Lipinski definition) is 2. The zero-order chi connectivity index (χ0) is 23.0. The number of hydrogen-bond acceptors (Lipinski definition) is 5. The predicted octanol–water partition coefficient (Wildman–Crippen LogP) is 2.94. The maximum atomic E-state index is 12.5. The monoisotopic (exact) mass is 439 g/mol. The molecule has 0 saturated carbocycles. The molecule has 1 aliphatic carbocycles. The Labute approximate surface area is 189 Å². The lowest BCUT2D eigenvalue weighted by molar-refractivity contribution is -0.138. The van der Waals surface area contributed by atoms with Crippen molar-refractivity contribution < 1.29 is 24.5 Å². The van der Waals surface area contributed by atoms with Gasteiger partial charge in [-0.15, -0.1) is 0 Å². The lowest BCUT2D eigenvalue weighted by atomic mass is 9.72. The Morgan fingerprint density at radius 3 is 2.31 bits per heavy atom. The molecule has 2 aromatic carbocycles. The van der Waals surface area contributed by atoms with Gasteiger partial charge in [0.15, 0.2) is 11.5 Å². The molecule has 1 saturated heterocycles. The van der Waals surface area contributed by atoms with Crippen molar-refractivity contribution in [3.05, 3.63) is 59.2 Å². The minimum atomic E-state index is -1.06. The van der Waals surface area contributed by atoms with Gasteiger partial charge in [-0.05, 0) is 42.7 Å². The molecule has 1 heterocycles. The van der Waals surface area contributed by atoms with Crippen molar-refractivity contribution >= 4 is 5.91 Å². The van der Waals surface area contributed by atoms with E-state index < -0.39 is 17.6 Å². The molecule has 32 heavy (non-hydrogen) atoms. The number of likely N-dealkylation sites (tertiary alicyclic amines) is 1. The summed E-state index contributed by atoms with van der Waals surface area (Å²) < 4.78 is 12.0. The zero-order valence-electron chi connectivity index (χ0n) is 19.2. The molecular weight excluding hydrogens is 406 g/mol. The first-order chi connectivity index (χ1) is 15.2. The van der Waals surface area contributed by atoms with Gasteiger partial charge in [-0.1, -0.05) is 37.3 Å². The molecule has 0 bridgehead atoms. The number of carbonyl (C=O) groups excluding carboxylic acids is 1. The van der Waals surface area contributed by atoms with Gasteiger partial charge in [-0.2, -0.15) is 0 Å². The second-order valence-corrected chi connectivity index (χ2v) is 9.46. The zero-order valence-corrected chi connectivity index (χ0v) is 19.2. The SMILES string of the molecule is COc1ccc(C2CN(C(=O)C(C)O)CC2(C)C(C)O)cc1OC1Cc2ccccc2C1. The highest BCUT2D eigenvalue weighted by Gasteiger charge is 2.48. The van der Waals surface area contributed by atoms with Gasteiger partial charge < -0.3 is 24.6 Å². The number of aliphatic hydroxyl groups is 2. The number of nitrogens with zero attached hydrogens (tertiary/aromatic N) is 1. The average Bonchev–Trinajstić information content (AvgIpc) is 3.34. The van der Waals surface area contributed by atoms with Crippen molar-refractivity contribution in [2.45, 2.75) is 57.8 Å². The fraction of sp³-hybridized carbons (Fsp3) is 0.500. The summed E-state index contributed by atoms with van der Waals surface area (Å²) in [5.41, 5.74) is 3.08. The van der Waals surface area contributed by atoms with Crippen molar-refractivity contribution in [3.8, 4) is 11.5 Å². The van der Waals surface area contributed by atoms with Crippen LogP contribution >= 0.6 is 0 Å². The van der Waals surface area contributed by atoms with Crippen molar-refractivity contribution in [2.75, 3.05) is 20.2 Å². The van der Waals surface area contributed by atoms with E-state index in [9.17, 15) is 15.0 Å². The fourth-order valence-electron chi connectivity index (χ4n) is 5.14. The second-order valence-electron chi connectivity index (χ2n) is 9.46. The molecular formula is C26H33NO5. The highest BCUT2D eigenvalue weighted by molar-refractivity contribution is 5.80. The molecule has 2 aliphatic rings. The van der Waals surface area contributed by atoms with Gasteiger partial charge in [-0.25, -0.2) is 0 Å². The van der Waals surface area contributed by atoms with Gasteiger partial charge in [0.2, 0.25) is 0 Å². The topological polar surface area (TPSA) is 79.2 Å². The maximum absolute atomic E-state index is 12.5. The minimum Gasteiger partial charge on any atom is -0.493 e. The minimum absolute atomic E-state index is 0.0385. The standard InChI is InChI=1S/C26H33NO5/c1-16(28)25(30)27-14-22(26(3,15-27)17(2)29)20-9-10-23(31-4)24(13-20)32-21-11-18-7-5-6-8-19(18)12-21/h5-10,13,16-17,21-22,28-29H,11-12,14-15H2,1-4H3. The van der Waals surface area contributed by atoms with Crippen LogP contribution in [0.25, 0.3) is 0 Å². The number of aliphatic hydroxyl groups excluding tert-OH is 2. The van der Waals surface area contributed by atoms with Crippen molar-refractivity contribution in [3.63, 3.8) is 0 Å². The molecule has 0 spiro atoms. The quantitative estimate of drug-likeness (QED) is 0.724. The number of ether oxygens (including phenoxy) is 2. The molecule has 1 amide bonds. The lowest BCUT2D eigenvalue weighted by Crippen LogP contribution is -2.40. The van der Waals surface area contributed by atoms with E-state index in [4.69, 9.17) is 9.47 Å². The van der Waals surface area contributed by atoms with Crippen LogP contribution in [0.2, 0.25) is 0 Å². The van der Waals surface area contributed by atoms with Gasteiger partial charge in [-0.3, -0.25) is 4.79 Å². The van der Waals surface area contributed by atoms with E-state index in [0.717, 1.165) is 18.4 Å². The third-order valence-corrected chi connectivity index (χ3v) is 7.25. The second kappa shape index (κ2) is 8.75. The van der Waals surface area contributed by atoms with E-state index in [-0.39, 0.29) is 17.9 Å². The molecule has 1 aliphatic heterocycles. The molecule has 4 rings (SSSR count). The number of amides is 1. The van der Waals surface area contributed by atoms with Crippen molar-refractivity contribution in [1.82, 2.24) is 4.90 Å². The number of benzene rings is 2. The smallest absolute Gasteiger partial charge is 0.251 e. The van der Waals surface area contributed by atoms with E-state index in [0.29, 0.717) is 24.6 Å². The van der Waals surface area contributed by atoms with Gasteiger partial charge >= 0.3 is 0 Å². The van der Waals surface area contributed by atoms with Gasteiger partial charge in [0.1, 0.15) is 12.2 Å². The Bertz CT molecular complexity index is 963. The van der Waals surface area contributed by atoms with Crippen LogP contribution in [-0.4, -0.2) is 59.5 Å². The summed E-state index contributed by atoms with van der Waals surface area (Å²) >= 11 is 0. The van der Waals surface area contributed by atoms with E-state index in [1.165, 1.54) is 18.1 Å². The van der Waals surface area contributed by atoms with Crippen LogP contribution in [0.3, 0.4) is 0 Å². The molecule has 0 aromatic heterocycles. The molecule has 6 heteroatoms. The molecule has 1 fully saturated rings. The third kappa shape index (κ3) is 4.09. The number of carbonyl (C=O) groups is 1. The molecule has 4 atom stereocenters. The summed E-state index contributed by atoms with van der Waals surface area (Å²) in [6, 6.07) is 14.3. The van der Waals surface area contributed by atoms with Crippen LogP contribution < -0.4 is 9.47 Å². The summed E-state index contributed by atoms with van der Waals surface area (Å²) in [5.74, 6) is 0.932. The van der Waals surface area contributed by atoms with Crippen LogP contribution in [0.4, 0.5) is 0 Å². The Balaban J connectivity index is 1.61. The summed E-state index contributed by atoms with van der Waals surface area (Å²) in [5, 5.41) is 20.4. The number of rotatable bonds is 6. The Morgan fingerprint density at radius 1 is 1.09 bits per heavy atom. The largest absolute Gasteiger partial charge is 0.493 e. The van der Waals surface area contributed by atoms with E-state index in [1.54, 1.807) is 18.9 Å². The summed E-state index contributed by atoms with van der Waals surface area (Å²) in [4.78, 5) is 14.1. The third-order valence-electron chi connectivity index (χ3n) is 7.25. The Kier molecular flexibility index (Phi) is 6.19. The molecule has 2 aromatic rings. The molecule has 0 radical (unpaired) electrons. The maximum Gasteiger partial charge on any atom is 0.251 e. The normalized spacial score (nSPS) is 24.8. The molecule has 6 nitrogen and oxygen atoms in total. The highest BCUT2D eigenvalue weighted by Crippen LogP contribution is 2.47. The lowest BCUT2D eigenvalue weighted by Gasteiger charge is -2.34. The van der Waals surface area contributed by atoms with Gasteiger partial charge in [0.05, 0.1) is 13.2 Å². The fourth-order valence-corrected chi connectivity index (χ4v) is 5.14. The Morgan fingerprint density at radius 2 is 1.75 bits per heavy atom. The molecule has 4 unspecified atom stereocenters. The highest BCUT2D eigenvalue weighted by atomic mass is 16.5. The van der Waals surface area contributed by atoms with Crippen LogP contribution in [0.15, 0.2) is 42.5 Å². The predicted molar refractivity (Wildman–Crippen MR) is 122 cm³/mol. The van der Waals surface area contributed by atoms with Crippen LogP contribution in [0, 0.1) is 5.41 Å². The van der Waals surface area contributed by atoms with E-state index >= 15 is 0 Å². The van der Waals surface area contributed by atoms with E-state index in [2.05, 4.69) is 24.3 Å². The van der Waals surface area contributed by atoms with Crippen molar-refractivity contribution in [1.29, 1.82) is 0 Å². The Hall–Kier alpha value is -2.57. The van der Waals surface area contributed by atoms with E-state index in [1.807, 2.05) is 25.1 Å². The first-order valence-electron chi connectivity index (χ1n) is 11.3. The van der Waals surface area contributed by atoms with Crippen LogP contribution in [0.1, 0.15) is 43.4 Å². The van der Waals surface area contributed by atoms with Crippen LogP contribution in [-0.2, 0) is 17.6 Å². The molecule has 2 N–H and O–H groups in total. The summed E-state index contributed by atoms with van der Waals surface area (Å²) in [6.45, 7) is 6.06. The number of fused-ring (bicyclic) bond motifs is 1. The average molecular weight is 440 g/mol. The van der Waals surface area contributed by atoms with Crippen LogP contribution in [0.5, 0.6) is 11.5 Å². The summed E-state index contributed by atoms with van der Waals surface area (Å²) in [6.07, 6.45) is 0.0572. The van der Waals surface area contributed by atoms with Gasteiger partial charge in [0.25, 0.3) is 5.91 Å². The van der Waals surface area contributed by atoms with Crippen molar-refractivity contribution in [2.24, 2.45) is 5.41 Å². The summed E-state index contributed by atoms with van der Waals surface area (Å²) in [7, 11) is 1.63. The molecule has 172 valence electrons. The number of methoxy groups -OCH3 is 1.